The maximum Gasteiger partial charge on any atom is 0.407 e. The molecule has 0 saturated carbocycles. The first-order valence-corrected chi connectivity index (χ1v) is 11.0. The van der Waals surface area contributed by atoms with Crippen molar-refractivity contribution in [2.45, 2.75) is 25.0 Å². The third-order valence-electron chi connectivity index (χ3n) is 6.17. The minimum atomic E-state index is -1.31. The number of ether oxygens (including phenoxy) is 2. The quantitative estimate of drug-likeness (QED) is 0.463. The number of methoxy groups -OCH3 is 1. The first-order valence-electron chi connectivity index (χ1n) is 11.0. The number of aliphatic hydroxyl groups excluding tert-OH is 2. The number of benzene rings is 3. The van der Waals surface area contributed by atoms with Gasteiger partial charge in [0, 0.05) is 12.5 Å². The Labute approximate surface area is 198 Å². The summed E-state index contributed by atoms with van der Waals surface area (Å²) in [6, 6.07) is 20.8. The van der Waals surface area contributed by atoms with E-state index in [2.05, 4.69) is 17.4 Å². The standard InChI is InChI=1S/C27H27NO6/c1-16-11-12-17(13-22(16)26(31)33-2)25(30)24(29)14-28-27(32)34-15-23-20-9-5-3-7-18(20)19-8-4-6-10-21(19)23/h3-13,23-25,29-30H,14-15H2,1-2H3,(H,28,32). The molecule has 3 aromatic carbocycles. The van der Waals surface area contributed by atoms with Crippen LogP contribution in [-0.2, 0) is 9.47 Å². The Kier molecular flexibility index (Phi) is 6.95. The third-order valence-corrected chi connectivity index (χ3v) is 6.17. The fourth-order valence-corrected chi connectivity index (χ4v) is 4.32. The largest absolute Gasteiger partial charge is 0.465 e. The molecule has 2 atom stereocenters. The van der Waals surface area contributed by atoms with Gasteiger partial charge in [0.15, 0.2) is 0 Å². The smallest absolute Gasteiger partial charge is 0.407 e. The summed E-state index contributed by atoms with van der Waals surface area (Å²) in [5, 5.41) is 23.4. The topological polar surface area (TPSA) is 105 Å². The van der Waals surface area contributed by atoms with Crippen LogP contribution in [0.5, 0.6) is 0 Å². The number of aliphatic hydroxyl groups is 2. The number of amides is 1. The van der Waals surface area contributed by atoms with Gasteiger partial charge in [0.05, 0.1) is 12.7 Å². The number of rotatable bonds is 7. The molecule has 0 radical (unpaired) electrons. The Hall–Kier alpha value is -3.68. The van der Waals surface area contributed by atoms with Crippen molar-refractivity contribution < 1.29 is 29.3 Å². The van der Waals surface area contributed by atoms with E-state index in [1.54, 1.807) is 19.1 Å². The van der Waals surface area contributed by atoms with Crippen LogP contribution in [0.15, 0.2) is 66.7 Å². The Morgan fingerprint density at radius 1 is 0.971 bits per heavy atom. The van der Waals surface area contributed by atoms with E-state index in [4.69, 9.17) is 9.47 Å². The molecule has 34 heavy (non-hydrogen) atoms. The van der Waals surface area contributed by atoms with Gasteiger partial charge in [-0.05, 0) is 46.4 Å². The number of aryl methyl sites for hydroxylation is 1. The highest BCUT2D eigenvalue weighted by molar-refractivity contribution is 5.91. The molecule has 0 fully saturated rings. The van der Waals surface area contributed by atoms with Gasteiger partial charge in [-0.3, -0.25) is 0 Å². The van der Waals surface area contributed by atoms with Gasteiger partial charge in [-0.25, -0.2) is 9.59 Å². The van der Waals surface area contributed by atoms with Gasteiger partial charge >= 0.3 is 12.1 Å². The molecule has 0 aromatic heterocycles. The van der Waals surface area contributed by atoms with E-state index in [0.29, 0.717) is 16.7 Å². The van der Waals surface area contributed by atoms with E-state index in [1.165, 1.54) is 13.2 Å². The molecule has 4 rings (SSSR count). The van der Waals surface area contributed by atoms with Crippen molar-refractivity contribution in [2.24, 2.45) is 0 Å². The van der Waals surface area contributed by atoms with Gasteiger partial charge in [-0.2, -0.15) is 0 Å². The van der Waals surface area contributed by atoms with Crippen LogP contribution in [0.1, 0.15) is 44.6 Å². The summed E-state index contributed by atoms with van der Waals surface area (Å²) >= 11 is 0. The number of hydrogen-bond donors (Lipinski definition) is 3. The molecule has 176 valence electrons. The Bertz CT molecular complexity index is 1160. The van der Waals surface area contributed by atoms with Crippen LogP contribution < -0.4 is 5.32 Å². The average Bonchev–Trinajstić information content (AvgIpc) is 3.19. The number of carbonyl (C=O) groups excluding carboxylic acids is 2. The van der Waals surface area contributed by atoms with Gasteiger partial charge < -0.3 is 25.0 Å². The van der Waals surface area contributed by atoms with Crippen LogP contribution in [0.25, 0.3) is 11.1 Å². The highest BCUT2D eigenvalue weighted by atomic mass is 16.5. The summed E-state index contributed by atoms with van der Waals surface area (Å²) in [4.78, 5) is 24.2. The summed E-state index contributed by atoms with van der Waals surface area (Å²) in [5.41, 5.74) is 5.81. The number of alkyl carbamates (subject to hydrolysis) is 1. The van der Waals surface area contributed by atoms with Crippen molar-refractivity contribution >= 4 is 12.1 Å². The van der Waals surface area contributed by atoms with E-state index in [1.807, 2.05) is 36.4 Å². The molecule has 3 N–H and O–H groups in total. The summed E-state index contributed by atoms with van der Waals surface area (Å²) in [7, 11) is 1.28. The molecule has 2 unspecified atom stereocenters. The van der Waals surface area contributed by atoms with E-state index in [-0.39, 0.29) is 19.1 Å². The Balaban J connectivity index is 1.35. The van der Waals surface area contributed by atoms with E-state index < -0.39 is 24.3 Å². The van der Waals surface area contributed by atoms with Crippen LogP contribution in [-0.4, -0.2) is 48.6 Å². The molecular formula is C27H27NO6. The summed E-state index contributed by atoms with van der Waals surface area (Å²) < 4.78 is 10.2. The molecule has 1 amide bonds. The van der Waals surface area contributed by atoms with Crippen LogP contribution >= 0.6 is 0 Å². The van der Waals surface area contributed by atoms with Crippen molar-refractivity contribution in [3.05, 3.63) is 94.5 Å². The molecule has 0 heterocycles. The zero-order valence-corrected chi connectivity index (χ0v) is 19.0. The number of fused-ring (bicyclic) bond motifs is 3. The number of esters is 1. The molecule has 0 spiro atoms. The van der Waals surface area contributed by atoms with Crippen molar-refractivity contribution in [2.75, 3.05) is 20.3 Å². The lowest BCUT2D eigenvalue weighted by Crippen LogP contribution is -2.36. The number of nitrogens with one attached hydrogen (secondary N) is 1. The van der Waals surface area contributed by atoms with Crippen molar-refractivity contribution in [1.82, 2.24) is 5.32 Å². The van der Waals surface area contributed by atoms with Gasteiger partial charge in [0.1, 0.15) is 18.8 Å². The number of carbonyl (C=O) groups is 2. The molecule has 0 aliphatic heterocycles. The lowest BCUT2D eigenvalue weighted by molar-refractivity contribution is 0.0184. The molecular weight excluding hydrogens is 434 g/mol. The zero-order valence-electron chi connectivity index (χ0n) is 19.0. The molecule has 0 saturated heterocycles. The van der Waals surface area contributed by atoms with Crippen molar-refractivity contribution in [3.63, 3.8) is 0 Å². The minimum absolute atomic E-state index is 0.0713. The second-order valence-electron chi connectivity index (χ2n) is 8.28. The maximum atomic E-state index is 12.3. The van der Waals surface area contributed by atoms with Gasteiger partial charge in [-0.15, -0.1) is 0 Å². The van der Waals surface area contributed by atoms with Crippen molar-refractivity contribution in [3.8, 4) is 11.1 Å². The first kappa shape index (κ1) is 23.5. The van der Waals surface area contributed by atoms with Crippen molar-refractivity contribution in [1.29, 1.82) is 0 Å². The molecule has 3 aromatic rings. The lowest BCUT2D eigenvalue weighted by Gasteiger charge is -2.20. The van der Waals surface area contributed by atoms with Crippen LogP contribution in [0.2, 0.25) is 0 Å². The second kappa shape index (κ2) is 10.1. The molecule has 7 nitrogen and oxygen atoms in total. The summed E-state index contributed by atoms with van der Waals surface area (Å²) in [6.45, 7) is 1.68. The average molecular weight is 462 g/mol. The fourth-order valence-electron chi connectivity index (χ4n) is 4.32. The second-order valence-corrected chi connectivity index (χ2v) is 8.28. The Morgan fingerprint density at radius 3 is 2.21 bits per heavy atom. The predicted molar refractivity (Wildman–Crippen MR) is 127 cm³/mol. The number of hydrogen-bond acceptors (Lipinski definition) is 6. The molecule has 1 aliphatic rings. The maximum absolute atomic E-state index is 12.3. The van der Waals surface area contributed by atoms with E-state index in [9.17, 15) is 19.8 Å². The van der Waals surface area contributed by atoms with Crippen LogP contribution in [0, 0.1) is 6.92 Å². The van der Waals surface area contributed by atoms with Crippen LogP contribution in [0.3, 0.4) is 0 Å². The van der Waals surface area contributed by atoms with Gasteiger partial charge in [0.2, 0.25) is 0 Å². The molecule has 1 aliphatic carbocycles. The van der Waals surface area contributed by atoms with Crippen LogP contribution in [0.4, 0.5) is 4.79 Å². The highest BCUT2D eigenvalue weighted by Crippen LogP contribution is 2.44. The van der Waals surface area contributed by atoms with Gasteiger partial charge in [0.25, 0.3) is 0 Å². The molecule has 0 bridgehead atoms. The third kappa shape index (κ3) is 4.66. The predicted octanol–water partition coefficient (Wildman–Crippen LogP) is 3.71. The zero-order chi connectivity index (χ0) is 24.2. The van der Waals surface area contributed by atoms with Gasteiger partial charge in [-0.1, -0.05) is 60.7 Å². The van der Waals surface area contributed by atoms with E-state index in [0.717, 1.165) is 22.3 Å². The monoisotopic (exact) mass is 461 g/mol. The normalized spacial score (nSPS) is 14.0. The lowest BCUT2D eigenvalue weighted by atomic mass is 9.98. The highest BCUT2D eigenvalue weighted by Gasteiger charge is 2.29. The molecule has 7 heteroatoms. The summed E-state index contributed by atoms with van der Waals surface area (Å²) in [6.07, 6.45) is -3.29. The summed E-state index contributed by atoms with van der Waals surface area (Å²) in [5.74, 6) is -0.601. The minimum Gasteiger partial charge on any atom is -0.465 e. The fraction of sp³-hybridized carbons (Fsp3) is 0.259. The first-order chi connectivity index (χ1) is 16.4. The SMILES string of the molecule is COC(=O)c1cc(C(O)C(O)CNC(=O)OCC2c3ccccc3-c3ccccc32)ccc1C. The van der Waals surface area contributed by atoms with E-state index >= 15 is 0 Å². The Morgan fingerprint density at radius 2 is 1.59 bits per heavy atom.